The number of para-hydroxylation sites is 1. The van der Waals surface area contributed by atoms with Crippen LogP contribution in [0.1, 0.15) is 32.3 Å². The lowest BCUT2D eigenvalue weighted by Crippen LogP contribution is -2.59. The number of rotatable bonds is 14. The van der Waals surface area contributed by atoms with Crippen LogP contribution in [0.25, 0.3) is 10.9 Å². The molecule has 2 rings (SSSR count). The average Bonchev–Trinajstić information content (AvgIpc) is 3.26. The number of aromatic amines is 1. The van der Waals surface area contributed by atoms with Crippen molar-refractivity contribution in [1.82, 2.24) is 20.9 Å². The van der Waals surface area contributed by atoms with Crippen molar-refractivity contribution in [3.8, 4) is 0 Å². The number of H-pyrrole nitrogens is 1. The highest BCUT2D eigenvalue weighted by molar-refractivity contribution is 5.94. The van der Waals surface area contributed by atoms with E-state index in [0.717, 1.165) is 16.5 Å². The van der Waals surface area contributed by atoms with Crippen LogP contribution in [0.4, 0.5) is 0 Å². The van der Waals surface area contributed by atoms with Crippen LogP contribution in [0.2, 0.25) is 0 Å². The Morgan fingerprint density at radius 3 is 2.34 bits per heavy atom. The van der Waals surface area contributed by atoms with Gasteiger partial charge in [-0.3, -0.25) is 24.2 Å². The summed E-state index contributed by atoms with van der Waals surface area (Å²) < 4.78 is 0. The molecule has 0 aliphatic rings. The second kappa shape index (κ2) is 13.9. The van der Waals surface area contributed by atoms with Crippen molar-refractivity contribution >= 4 is 40.6 Å². The Bertz CT molecular complexity index is 1160. The van der Waals surface area contributed by atoms with Crippen LogP contribution in [-0.2, 0) is 25.6 Å². The second-order valence-electron chi connectivity index (χ2n) is 8.98. The molecule has 12 N–H and O–H groups in total. The van der Waals surface area contributed by atoms with Crippen molar-refractivity contribution in [3.05, 3.63) is 36.0 Å². The number of carbonyl (C=O) groups excluding carboxylic acids is 3. The van der Waals surface area contributed by atoms with Crippen molar-refractivity contribution in [2.24, 2.45) is 22.2 Å². The van der Waals surface area contributed by atoms with E-state index >= 15 is 0 Å². The summed E-state index contributed by atoms with van der Waals surface area (Å²) in [7, 11) is 0. The number of aliphatic hydroxyl groups excluding tert-OH is 1. The van der Waals surface area contributed by atoms with E-state index in [9.17, 15) is 24.3 Å². The minimum absolute atomic E-state index is 0.0911. The number of carboxylic acid groups (broad SMARTS) is 1. The number of hydrogen-bond donors (Lipinski definition) is 9. The third-order valence-corrected chi connectivity index (χ3v) is 5.82. The highest BCUT2D eigenvalue weighted by Gasteiger charge is 2.31. The van der Waals surface area contributed by atoms with E-state index in [4.69, 9.17) is 22.3 Å². The number of amides is 3. The van der Waals surface area contributed by atoms with E-state index in [1.807, 2.05) is 24.3 Å². The van der Waals surface area contributed by atoms with E-state index < -0.39 is 54.0 Å². The zero-order valence-electron chi connectivity index (χ0n) is 21.3. The third-order valence-electron chi connectivity index (χ3n) is 5.82. The molecule has 208 valence electrons. The maximum atomic E-state index is 13.1. The van der Waals surface area contributed by atoms with E-state index in [1.54, 1.807) is 6.20 Å². The summed E-state index contributed by atoms with van der Waals surface area (Å²) in [5.74, 6) is -3.69. The smallest absolute Gasteiger partial charge is 0.325 e. The van der Waals surface area contributed by atoms with Gasteiger partial charge in [-0.15, -0.1) is 0 Å². The summed E-state index contributed by atoms with van der Waals surface area (Å²) in [6.45, 7) is 2.68. The van der Waals surface area contributed by atoms with Gasteiger partial charge in [0.2, 0.25) is 17.7 Å². The zero-order chi connectivity index (χ0) is 28.4. The number of nitrogens with zero attached hydrogens (tertiary/aromatic N) is 1. The van der Waals surface area contributed by atoms with Crippen LogP contribution < -0.4 is 33.2 Å². The second-order valence-corrected chi connectivity index (χ2v) is 8.98. The van der Waals surface area contributed by atoms with Gasteiger partial charge in [-0.1, -0.05) is 18.2 Å². The topological polar surface area (TPSA) is 251 Å². The molecule has 0 saturated carbocycles. The molecule has 5 unspecified atom stereocenters. The molecule has 38 heavy (non-hydrogen) atoms. The summed E-state index contributed by atoms with van der Waals surface area (Å²) in [5, 5.41) is 27.2. The molecule has 14 heteroatoms. The van der Waals surface area contributed by atoms with Gasteiger partial charge in [0, 0.05) is 23.6 Å². The fourth-order valence-electron chi connectivity index (χ4n) is 3.71. The molecule has 0 spiro atoms. The van der Waals surface area contributed by atoms with E-state index in [1.165, 1.54) is 13.8 Å². The normalized spacial score (nSPS) is 14.9. The Morgan fingerprint density at radius 2 is 1.71 bits per heavy atom. The van der Waals surface area contributed by atoms with Crippen molar-refractivity contribution < 1.29 is 29.4 Å². The zero-order valence-corrected chi connectivity index (χ0v) is 21.3. The summed E-state index contributed by atoms with van der Waals surface area (Å²) in [4.78, 5) is 56.6. The van der Waals surface area contributed by atoms with Crippen LogP contribution in [0.3, 0.4) is 0 Å². The Kier molecular flexibility index (Phi) is 11.0. The molecule has 1 aromatic heterocycles. The van der Waals surface area contributed by atoms with Gasteiger partial charge in [-0.05, 0) is 44.7 Å². The molecular weight excluding hydrogens is 496 g/mol. The molecule has 2 aromatic rings. The maximum absolute atomic E-state index is 13.1. The Hall–Kier alpha value is -4.17. The summed E-state index contributed by atoms with van der Waals surface area (Å²) in [6, 6.07) is 2.69. The maximum Gasteiger partial charge on any atom is 0.325 e. The van der Waals surface area contributed by atoms with E-state index in [2.05, 4.69) is 25.9 Å². The van der Waals surface area contributed by atoms with Gasteiger partial charge < -0.3 is 48.3 Å². The Labute approximate surface area is 219 Å². The molecule has 0 radical (unpaired) electrons. The van der Waals surface area contributed by atoms with Crippen LogP contribution in [-0.4, -0.2) is 81.7 Å². The molecule has 0 saturated heterocycles. The van der Waals surface area contributed by atoms with Gasteiger partial charge in [-0.25, -0.2) is 0 Å². The standard InChI is InChI=1S/C24H36N8O6/c1-12(23(37)38)30-22(36)19(13(2)33)32-21(35)18(8-5-9-28-24(26)27)31-20(34)16(25)10-14-11-29-17-7-4-3-6-15(14)17/h3-4,6-7,11-13,16,18-19,29,33H,5,8-10,25H2,1-2H3,(H,30,36)(H,31,34)(H,32,35)(H,37,38)(H4,26,27,28). The molecule has 5 atom stereocenters. The van der Waals surface area contributed by atoms with Gasteiger partial charge in [0.05, 0.1) is 12.1 Å². The molecule has 1 heterocycles. The van der Waals surface area contributed by atoms with Crippen molar-refractivity contribution in [3.63, 3.8) is 0 Å². The highest BCUT2D eigenvalue weighted by Crippen LogP contribution is 2.18. The van der Waals surface area contributed by atoms with Crippen LogP contribution in [0.15, 0.2) is 35.5 Å². The first-order chi connectivity index (χ1) is 17.9. The number of aromatic nitrogens is 1. The first-order valence-corrected chi connectivity index (χ1v) is 12.1. The van der Waals surface area contributed by atoms with Crippen LogP contribution in [0, 0.1) is 0 Å². The molecule has 3 amide bonds. The summed E-state index contributed by atoms with van der Waals surface area (Å²) >= 11 is 0. The predicted molar refractivity (Wildman–Crippen MR) is 141 cm³/mol. The molecule has 0 aliphatic heterocycles. The number of hydrogen-bond acceptors (Lipinski definition) is 7. The molecule has 0 fully saturated rings. The van der Waals surface area contributed by atoms with Crippen molar-refractivity contribution in [2.75, 3.05) is 6.54 Å². The molecular formula is C24H36N8O6. The summed E-state index contributed by atoms with van der Waals surface area (Å²) in [5.41, 5.74) is 18.5. The first kappa shape index (κ1) is 30.1. The number of carbonyl (C=O) groups is 4. The SMILES string of the molecule is CC(NC(=O)C(NC(=O)C(CCCN=C(N)N)NC(=O)C(N)Cc1c[nH]c2ccccc12)C(C)O)C(=O)O. The monoisotopic (exact) mass is 532 g/mol. The fourth-order valence-corrected chi connectivity index (χ4v) is 3.71. The van der Waals surface area contributed by atoms with E-state index in [-0.39, 0.29) is 25.3 Å². The lowest BCUT2D eigenvalue weighted by molar-refractivity contribution is -0.142. The third kappa shape index (κ3) is 8.74. The number of guanidine groups is 1. The molecule has 1 aromatic carbocycles. The number of aliphatic imine (C=N–C) groups is 1. The van der Waals surface area contributed by atoms with Crippen LogP contribution in [0.5, 0.6) is 0 Å². The minimum atomic E-state index is -1.47. The molecule has 14 nitrogen and oxygen atoms in total. The van der Waals surface area contributed by atoms with Gasteiger partial charge in [0.15, 0.2) is 5.96 Å². The molecule has 0 bridgehead atoms. The lowest BCUT2D eigenvalue weighted by Gasteiger charge is -2.26. The number of benzene rings is 1. The number of nitrogens with two attached hydrogens (primary N) is 3. The number of nitrogens with one attached hydrogen (secondary N) is 4. The number of fused-ring (bicyclic) bond motifs is 1. The number of carboxylic acids is 1. The summed E-state index contributed by atoms with van der Waals surface area (Å²) in [6.07, 6.45) is 0.996. The van der Waals surface area contributed by atoms with Gasteiger partial charge >= 0.3 is 5.97 Å². The number of aliphatic hydroxyl groups is 1. The Balaban J connectivity index is 2.13. The number of aliphatic carboxylic acids is 1. The predicted octanol–water partition coefficient (Wildman–Crippen LogP) is -1.97. The van der Waals surface area contributed by atoms with Crippen molar-refractivity contribution in [1.29, 1.82) is 0 Å². The molecule has 0 aliphatic carbocycles. The van der Waals surface area contributed by atoms with Gasteiger partial charge in [0.1, 0.15) is 18.1 Å². The lowest BCUT2D eigenvalue weighted by atomic mass is 10.0. The Morgan fingerprint density at radius 1 is 1.03 bits per heavy atom. The minimum Gasteiger partial charge on any atom is -0.480 e. The largest absolute Gasteiger partial charge is 0.480 e. The van der Waals surface area contributed by atoms with Gasteiger partial charge in [0.25, 0.3) is 0 Å². The quantitative estimate of drug-likeness (QED) is 0.0742. The average molecular weight is 533 g/mol. The van der Waals surface area contributed by atoms with Crippen molar-refractivity contribution in [2.45, 2.75) is 63.4 Å². The first-order valence-electron chi connectivity index (χ1n) is 12.1. The van der Waals surface area contributed by atoms with Gasteiger partial charge in [-0.2, -0.15) is 0 Å². The van der Waals surface area contributed by atoms with E-state index in [0.29, 0.717) is 6.42 Å². The fraction of sp³-hybridized carbons (Fsp3) is 0.458. The highest BCUT2D eigenvalue weighted by atomic mass is 16.4. The van der Waals surface area contributed by atoms with Crippen LogP contribution >= 0.6 is 0 Å².